The number of aromatic nitrogens is 2. The van der Waals surface area contributed by atoms with Gasteiger partial charge in [-0.1, -0.05) is 0 Å². The number of likely N-dealkylation sites (tertiary alicyclic amines) is 1. The number of urea groups is 1. The molecule has 104 valence electrons. The highest BCUT2D eigenvalue weighted by Gasteiger charge is 2.28. The summed E-state index contributed by atoms with van der Waals surface area (Å²) in [5.74, 6) is -0.862. The molecule has 7 nitrogen and oxygen atoms in total. The van der Waals surface area contributed by atoms with E-state index in [0.717, 1.165) is 24.8 Å². The lowest BCUT2D eigenvalue weighted by Gasteiger charge is -2.34. The third kappa shape index (κ3) is 3.70. The van der Waals surface area contributed by atoms with Crippen LogP contribution in [0.5, 0.6) is 0 Å². The van der Waals surface area contributed by atoms with Crippen molar-refractivity contribution in [2.45, 2.75) is 38.3 Å². The van der Waals surface area contributed by atoms with Gasteiger partial charge in [0.15, 0.2) is 0 Å². The molecule has 0 radical (unpaired) electrons. The van der Waals surface area contributed by atoms with E-state index in [0.29, 0.717) is 13.1 Å². The number of nitrogens with one attached hydrogen (secondary N) is 2. The largest absolute Gasteiger partial charge is 0.481 e. The number of nitrogens with zero attached hydrogens (tertiary/aromatic N) is 2. The van der Waals surface area contributed by atoms with Crippen LogP contribution in [0.15, 0.2) is 12.4 Å². The molecular weight excluding hydrogens is 248 g/mol. The van der Waals surface area contributed by atoms with Crippen molar-refractivity contribution in [3.05, 3.63) is 18.0 Å². The molecule has 1 aromatic rings. The van der Waals surface area contributed by atoms with E-state index >= 15 is 0 Å². The standard InChI is InChI=1S/C12H18N4O3/c17-11(18)5-10-3-1-2-4-16(10)12(19)13-6-9-7-14-15-8-9/h7-8,10H,1-6H2,(H,13,19)(H,14,15)(H,17,18). The normalized spacial score (nSPS) is 19.2. The molecule has 1 fully saturated rings. The molecule has 0 aromatic carbocycles. The van der Waals surface area contributed by atoms with E-state index < -0.39 is 5.97 Å². The maximum absolute atomic E-state index is 12.1. The monoisotopic (exact) mass is 266 g/mol. The second-order valence-electron chi connectivity index (χ2n) is 4.71. The number of rotatable bonds is 4. The second-order valence-corrected chi connectivity index (χ2v) is 4.71. The minimum Gasteiger partial charge on any atom is -0.481 e. The highest BCUT2D eigenvalue weighted by atomic mass is 16.4. The first kappa shape index (κ1) is 13.4. The quantitative estimate of drug-likeness (QED) is 0.755. The Morgan fingerprint density at radius 2 is 2.37 bits per heavy atom. The van der Waals surface area contributed by atoms with Gasteiger partial charge in [0.25, 0.3) is 0 Å². The summed E-state index contributed by atoms with van der Waals surface area (Å²) in [5.41, 5.74) is 0.889. The molecule has 1 saturated heterocycles. The van der Waals surface area contributed by atoms with Crippen molar-refractivity contribution in [3.63, 3.8) is 0 Å². The first-order valence-electron chi connectivity index (χ1n) is 6.40. The molecule has 3 N–H and O–H groups in total. The molecule has 1 unspecified atom stereocenters. The maximum Gasteiger partial charge on any atom is 0.317 e. The molecule has 1 aliphatic rings. The van der Waals surface area contributed by atoms with E-state index in [1.54, 1.807) is 17.3 Å². The molecule has 1 aromatic heterocycles. The van der Waals surface area contributed by atoms with Crippen LogP contribution in [0.1, 0.15) is 31.2 Å². The molecule has 1 aliphatic heterocycles. The number of aliphatic carboxylic acids is 1. The van der Waals surface area contributed by atoms with Crippen molar-refractivity contribution in [1.29, 1.82) is 0 Å². The predicted molar refractivity (Wildman–Crippen MR) is 67.4 cm³/mol. The molecule has 0 spiro atoms. The molecular formula is C12H18N4O3. The van der Waals surface area contributed by atoms with Crippen LogP contribution in [0, 0.1) is 0 Å². The van der Waals surface area contributed by atoms with Gasteiger partial charge in [0.2, 0.25) is 0 Å². The zero-order valence-corrected chi connectivity index (χ0v) is 10.6. The smallest absolute Gasteiger partial charge is 0.317 e. The number of hydrogen-bond acceptors (Lipinski definition) is 3. The summed E-state index contributed by atoms with van der Waals surface area (Å²) < 4.78 is 0. The van der Waals surface area contributed by atoms with Gasteiger partial charge in [-0.3, -0.25) is 9.89 Å². The Kier molecular flexibility index (Phi) is 4.38. The average molecular weight is 266 g/mol. The minimum atomic E-state index is -0.862. The predicted octanol–water partition coefficient (Wildman–Crippen LogP) is 0.948. The second kappa shape index (κ2) is 6.21. The Morgan fingerprint density at radius 3 is 3.05 bits per heavy atom. The summed E-state index contributed by atoms with van der Waals surface area (Å²) in [7, 11) is 0. The number of carbonyl (C=O) groups is 2. The Bertz CT molecular complexity index is 432. The van der Waals surface area contributed by atoms with Crippen LogP contribution in [0.4, 0.5) is 4.79 Å². The Balaban J connectivity index is 1.89. The number of carboxylic acids is 1. The molecule has 0 aliphatic carbocycles. The van der Waals surface area contributed by atoms with Crippen molar-refractivity contribution in [1.82, 2.24) is 20.4 Å². The first-order valence-corrected chi connectivity index (χ1v) is 6.40. The number of carbonyl (C=O) groups excluding carboxylic acids is 1. The van der Waals surface area contributed by atoms with E-state index in [1.165, 1.54) is 0 Å². The fourth-order valence-electron chi connectivity index (χ4n) is 2.34. The van der Waals surface area contributed by atoms with Crippen LogP contribution in [0.3, 0.4) is 0 Å². The highest BCUT2D eigenvalue weighted by Crippen LogP contribution is 2.19. The first-order chi connectivity index (χ1) is 9.16. The van der Waals surface area contributed by atoms with Crippen molar-refractivity contribution in [2.24, 2.45) is 0 Å². The van der Waals surface area contributed by atoms with Gasteiger partial charge in [-0.15, -0.1) is 0 Å². The highest BCUT2D eigenvalue weighted by molar-refractivity contribution is 5.76. The van der Waals surface area contributed by atoms with Crippen LogP contribution in [-0.4, -0.2) is 44.8 Å². The maximum atomic E-state index is 12.1. The summed E-state index contributed by atoms with van der Waals surface area (Å²) in [4.78, 5) is 24.5. The molecule has 2 heterocycles. The molecule has 1 atom stereocenters. The lowest BCUT2D eigenvalue weighted by molar-refractivity contribution is -0.138. The molecule has 2 amide bonds. The molecule has 0 bridgehead atoms. The SMILES string of the molecule is O=C(O)CC1CCCCN1C(=O)NCc1cn[nH]c1. The Morgan fingerprint density at radius 1 is 1.53 bits per heavy atom. The summed E-state index contributed by atoms with van der Waals surface area (Å²) in [6.07, 6.45) is 6.03. The summed E-state index contributed by atoms with van der Waals surface area (Å²) in [6.45, 7) is 1.01. The van der Waals surface area contributed by atoms with Crippen LogP contribution in [0.25, 0.3) is 0 Å². The summed E-state index contributed by atoms with van der Waals surface area (Å²) in [6, 6.07) is -0.400. The Hall–Kier alpha value is -2.05. The van der Waals surface area contributed by atoms with E-state index in [2.05, 4.69) is 15.5 Å². The van der Waals surface area contributed by atoms with Gasteiger partial charge in [-0.05, 0) is 19.3 Å². The van der Waals surface area contributed by atoms with Crippen LogP contribution >= 0.6 is 0 Å². The van der Waals surface area contributed by atoms with Crippen LogP contribution in [-0.2, 0) is 11.3 Å². The van der Waals surface area contributed by atoms with Gasteiger partial charge in [0, 0.05) is 30.9 Å². The number of aromatic amines is 1. The molecule has 2 rings (SSSR count). The van der Waals surface area contributed by atoms with Crippen LogP contribution < -0.4 is 5.32 Å². The van der Waals surface area contributed by atoms with Gasteiger partial charge >= 0.3 is 12.0 Å². The van der Waals surface area contributed by atoms with E-state index in [-0.39, 0.29) is 18.5 Å². The van der Waals surface area contributed by atoms with E-state index in [9.17, 15) is 9.59 Å². The third-order valence-electron chi connectivity index (χ3n) is 3.30. The fraction of sp³-hybridized carbons (Fsp3) is 0.583. The van der Waals surface area contributed by atoms with Gasteiger partial charge in [0.05, 0.1) is 12.6 Å². The van der Waals surface area contributed by atoms with Gasteiger partial charge in [0.1, 0.15) is 0 Å². The summed E-state index contributed by atoms with van der Waals surface area (Å²) in [5, 5.41) is 18.1. The topological polar surface area (TPSA) is 98.3 Å². The third-order valence-corrected chi connectivity index (χ3v) is 3.30. The number of amides is 2. The molecule has 7 heteroatoms. The van der Waals surface area contributed by atoms with Crippen molar-refractivity contribution in [3.8, 4) is 0 Å². The van der Waals surface area contributed by atoms with E-state index in [4.69, 9.17) is 5.11 Å². The number of hydrogen-bond donors (Lipinski definition) is 3. The van der Waals surface area contributed by atoms with Gasteiger partial charge < -0.3 is 15.3 Å². The zero-order chi connectivity index (χ0) is 13.7. The van der Waals surface area contributed by atoms with Gasteiger partial charge in [-0.2, -0.15) is 5.10 Å². The number of carboxylic acid groups (broad SMARTS) is 1. The number of piperidine rings is 1. The molecule has 19 heavy (non-hydrogen) atoms. The van der Waals surface area contributed by atoms with Crippen LogP contribution in [0.2, 0.25) is 0 Å². The van der Waals surface area contributed by atoms with Crippen molar-refractivity contribution < 1.29 is 14.7 Å². The Labute approximate surface area is 111 Å². The number of H-pyrrole nitrogens is 1. The molecule has 0 saturated carbocycles. The van der Waals surface area contributed by atoms with Crippen molar-refractivity contribution >= 4 is 12.0 Å². The lowest BCUT2D eigenvalue weighted by atomic mass is 10.00. The lowest BCUT2D eigenvalue weighted by Crippen LogP contribution is -2.49. The van der Waals surface area contributed by atoms with Gasteiger partial charge in [-0.25, -0.2) is 4.79 Å². The van der Waals surface area contributed by atoms with Crippen molar-refractivity contribution in [2.75, 3.05) is 6.54 Å². The summed E-state index contributed by atoms with van der Waals surface area (Å²) >= 11 is 0. The fourth-order valence-corrected chi connectivity index (χ4v) is 2.34. The zero-order valence-electron chi connectivity index (χ0n) is 10.6. The minimum absolute atomic E-state index is 0.0130. The average Bonchev–Trinajstić information content (AvgIpc) is 2.89. The van der Waals surface area contributed by atoms with E-state index in [1.807, 2.05) is 0 Å².